The third-order valence-corrected chi connectivity index (χ3v) is 5.77. The van der Waals surface area contributed by atoms with Gasteiger partial charge < -0.3 is 10.2 Å². The van der Waals surface area contributed by atoms with E-state index in [0.29, 0.717) is 31.5 Å². The van der Waals surface area contributed by atoms with Crippen molar-refractivity contribution in [2.24, 2.45) is 11.8 Å². The molecular formula is C25H30N2O3. The van der Waals surface area contributed by atoms with E-state index in [-0.39, 0.29) is 29.4 Å². The second kappa shape index (κ2) is 9.70. The summed E-state index contributed by atoms with van der Waals surface area (Å²) in [5.41, 5.74) is 2.36. The van der Waals surface area contributed by atoms with E-state index >= 15 is 0 Å². The van der Waals surface area contributed by atoms with Gasteiger partial charge in [0.15, 0.2) is 5.78 Å². The smallest absolute Gasteiger partial charge is 0.251 e. The molecule has 1 N–H and O–H groups in total. The summed E-state index contributed by atoms with van der Waals surface area (Å²) >= 11 is 0. The van der Waals surface area contributed by atoms with E-state index in [1.54, 1.807) is 17.0 Å². The van der Waals surface area contributed by atoms with Gasteiger partial charge in [0.1, 0.15) is 6.04 Å². The number of nitrogens with zero attached hydrogens (tertiary/aromatic N) is 1. The van der Waals surface area contributed by atoms with E-state index in [1.165, 1.54) is 0 Å². The van der Waals surface area contributed by atoms with Crippen LogP contribution in [-0.2, 0) is 4.79 Å². The van der Waals surface area contributed by atoms with Crippen LogP contribution < -0.4 is 5.32 Å². The predicted octanol–water partition coefficient (Wildman–Crippen LogP) is 3.87. The summed E-state index contributed by atoms with van der Waals surface area (Å²) < 4.78 is 0. The number of rotatable bonds is 6. The molecule has 0 saturated carbocycles. The van der Waals surface area contributed by atoms with Crippen LogP contribution in [0.3, 0.4) is 0 Å². The highest BCUT2D eigenvalue weighted by Crippen LogP contribution is 2.23. The Morgan fingerprint density at radius 3 is 2.07 bits per heavy atom. The molecule has 0 bridgehead atoms. The number of aryl methyl sites for hydroxylation is 1. The van der Waals surface area contributed by atoms with Gasteiger partial charge in [0.2, 0.25) is 5.91 Å². The maximum atomic E-state index is 13.1. The normalized spacial score (nSPS) is 15.7. The van der Waals surface area contributed by atoms with Crippen LogP contribution in [0.5, 0.6) is 0 Å². The van der Waals surface area contributed by atoms with E-state index in [4.69, 9.17) is 0 Å². The number of carbonyl (C=O) groups excluding carboxylic acids is 3. The molecule has 1 atom stereocenters. The Kier molecular flexibility index (Phi) is 7.03. The van der Waals surface area contributed by atoms with Crippen LogP contribution in [0, 0.1) is 18.8 Å². The van der Waals surface area contributed by atoms with E-state index in [0.717, 1.165) is 11.1 Å². The third kappa shape index (κ3) is 5.15. The maximum Gasteiger partial charge on any atom is 0.251 e. The molecule has 0 radical (unpaired) electrons. The Hall–Kier alpha value is -2.95. The van der Waals surface area contributed by atoms with Crippen LogP contribution in [0.25, 0.3) is 0 Å². The SMILES string of the molecule is Cc1ccc(C(=O)N[C@@H](C(=O)N2CCC(C(=O)c3ccccc3)CC2)C(C)C)cc1. The standard InChI is InChI=1S/C25H30N2O3/c1-17(2)22(26-24(29)21-11-9-18(3)10-12-21)25(30)27-15-13-20(14-16-27)23(28)19-7-5-4-6-8-19/h4-12,17,20,22H,13-16H2,1-3H3,(H,26,29)/t22-/m1/s1. The molecule has 0 aromatic heterocycles. The predicted molar refractivity (Wildman–Crippen MR) is 117 cm³/mol. The largest absolute Gasteiger partial charge is 0.341 e. The highest BCUT2D eigenvalue weighted by molar-refractivity contribution is 5.99. The van der Waals surface area contributed by atoms with Gasteiger partial charge in [-0.1, -0.05) is 61.9 Å². The van der Waals surface area contributed by atoms with Gasteiger partial charge in [-0.15, -0.1) is 0 Å². The van der Waals surface area contributed by atoms with Crippen LogP contribution in [-0.4, -0.2) is 41.6 Å². The average molecular weight is 407 g/mol. The van der Waals surface area contributed by atoms with Crippen LogP contribution in [0.2, 0.25) is 0 Å². The second-order valence-corrected chi connectivity index (χ2v) is 8.39. The summed E-state index contributed by atoms with van der Waals surface area (Å²) in [7, 11) is 0. The molecule has 0 spiro atoms. The molecule has 2 aromatic carbocycles. The zero-order chi connectivity index (χ0) is 21.7. The average Bonchev–Trinajstić information content (AvgIpc) is 2.77. The lowest BCUT2D eigenvalue weighted by molar-refractivity contribution is -0.135. The summed E-state index contributed by atoms with van der Waals surface area (Å²) in [6.07, 6.45) is 1.30. The van der Waals surface area contributed by atoms with Gasteiger partial charge in [-0.3, -0.25) is 14.4 Å². The van der Waals surface area contributed by atoms with E-state index in [1.807, 2.05) is 63.2 Å². The molecular weight excluding hydrogens is 376 g/mol. The van der Waals surface area contributed by atoms with Crippen molar-refractivity contribution in [1.29, 1.82) is 0 Å². The molecule has 2 amide bonds. The minimum absolute atomic E-state index is 0.0319. The molecule has 0 unspecified atom stereocenters. The zero-order valence-electron chi connectivity index (χ0n) is 17.9. The van der Waals surface area contributed by atoms with Crippen molar-refractivity contribution in [2.45, 2.75) is 39.7 Å². The number of carbonyl (C=O) groups is 3. The third-order valence-electron chi connectivity index (χ3n) is 5.77. The Morgan fingerprint density at radius 2 is 1.50 bits per heavy atom. The lowest BCUT2D eigenvalue weighted by Crippen LogP contribution is -2.53. The van der Waals surface area contributed by atoms with Gasteiger partial charge in [-0.25, -0.2) is 0 Å². The molecule has 1 heterocycles. The van der Waals surface area contributed by atoms with Gasteiger partial charge in [-0.05, 0) is 37.8 Å². The summed E-state index contributed by atoms with van der Waals surface area (Å²) in [4.78, 5) is 40.2. The fraction of sp³-hybridized carbons (Fsp3) is 0.400. The van der Waals surface area contributed by atoms with E-state index < -0.39 is 6.04 Å². The molecule has 1 aliphatic heterocycles. The first kappa shape index (κ1) is 21.8. The zero-order valence-corrected chi connectivity index (χ0v) is 17.9. The topological polar surface area (TPSA) is 66.5 Å². The van der Waals surface area contributed by atoms with Crippen LogP contribution in [0.1, 0.15) is 53.0 Å². The van der Waals surface area contributed by atoms with Gasteiger partial charge in [0, 0.05) is 30.1 Å². The fourth-order valence-corrected chi connectivity index (χ4v) is 3.84. The molecule has 1 fully saturated rings. The number of amides is 2. The minimum Gasteiger partial charge on any atom is -0.341 e. The number of likely N-dealkylation sites (tertiary alicyclic amines) is 1. The molecule has 158 valence electrons. The van der Waals surface area contributed by atoms with Crippen molar-refractivity contribution >= 4 is 17.6 Å². The molecule has 30 heavy (non-hydrogen) atoms. The minimum atomic E-state index is -0.583. The number of hydrogen-bond acceptors (Lipinski definition) is 3. The van der Waals surface area contributed by atoms with Gasteiger partial charge in [0.05, 0.1) is 0 Å². The molecule has 2 aromatic rings. The second-order valence-electron chi connectivity index (χ2n) is 8.39. The number of piperidine rings is 1. The molecule has 5 nitrogen and oxygen atoms in total. The first-order valence-electron chi connectivity index (χ1n) is 10.6. The molecule has 0 aliphatic carbocycles. The first-order chi connectivity index (χ1) is 14.4. The maximum absolute atomic E-state index is 13.1. The first-order valence-corrected chi connectivity index (χ1v) is 10.6. The fourth-order valence-electron chi connectivity index (χ4n) is 3.84. The lowest BCUT2D eigenvalue weighted by Gasteiger charge is -2.35. The number of hydrogen-bond donors (Lipinski definition) is 1. The molecule has 3 rings (SSSR count). The van der Waals surface area contributed by atoms with Crippen LogP contribution in [0.4, 0.5) is 0 Å². The van der Waals surface area contributed by atoms with Crippen molar-refractivity contribution in [1.82, 2.24) is 10.2 Å². The monoisotopic (exact) mass is 406 g/mol. The lowest BCUT2D eigenvalue weighted by atomic mass is 9.88. The molecule has 5 heteroatoms. The highest BCUT2D eigenvalue weighted by atomic mass is 16.2. The summed E-state index contributed by atoms with van der Waals surface area (Å²) in [6.45, 7) is 6.90. The summed E-state index contributed by atoms with van der Waals surface area (Å²) in [5, 5.41) is 2.91. The number of ketones is 1. The summed E-state index contributed by atoms with van der Waals surface area (Å²) in [5.74, 6) is -0.255. The van der Waals surface area contributed by atoms with E-state index in [9.17, 15) is 14.4 Å². The Morgan fingerprint density at radius 1 is 0.900 bits per heavy atom. The van der Waals surface area contributed by atoms with Gasteiger partial charge >= 0.3 is 0 Å². The number of Topliss-reactive ketones (excluding diaryl/α,β-unsaturated/α-hetero) is 1. The van der Waals surface area contributed by atoms with Crippen molar-refractivity contribution < 1.29 is 14.4 Å². The molecule has 1 aliphatic rings. The molecule has 1 saturated heterocycles. The van der Waals surface area contributed by atoms with Crippen LogP contribution >= 0.6 is 0 Å². The van der Waals surface area contributed by atoms with Crippen molar-refractivity contribution in [2.75, 3.05) is 13.1 Å². The quantitative estimate of drug-likeness (QED) is 0.741. The number of benzene rings is 2. The highest BCUT2D eigenvalue weighted by Gasteiger charge is 2.33. The van der Waals surface area contributed by atoms with Crippen molar-refractivity contribution in [3.63, 3.8) is 0 Å². The van der Waals surface area contributed by atoms with Crippen molar-refractivity contribution in [3.8, 4) is 0 Å². The van der Waals surface area contributed by atoms with Gasteiger partial charge in [-0.2, -0.15) is 0 Å². The Balaban J connectivity index is 1.60. The Labute approximate surface area is 178 Å². The Bertz CT molecular complexity index is 882. The number of nitrogens with one attached hydrogen (secondary N) is 1. The van der Waals surface area contributed by atoms with E-state index in [2.05, 4.69) is 5.32 Å². The van der Waals surface area contributed by atoms with Crippen LogP contribution in [0.15, 0.2) is 54.6 Å². The summed E-state index contributed by atoms with van der Waals surface area (Å²) in [6, 6.07) is 16.1. The van der Waals surface area contributed by atoms with Crippen molar-refractivity contribution in [3.05, 3.63) is 71.3 Å². The van der Waals surface area contributed by atoms with Gasteiger partial charge in [0.25, 0.3) is 5.91 Å².